The maximum absolute atomic E-state index is 13.0. The normalized spacial score (nSPS) is 10.7. The molecule has 0 spiro atoms. The van der Waals surface area contributed by atoms with Gasteiger partial charge in [0.2, 0.25) is 0 Å². The fourth-order valence-electron chi connectivity index (χ4n) is 1.79. The van der Waals surface area contributed by atoms with E-state index in [1.807, 2.05) is 13.8 Å². The molecule has 0 saturated heterocycles. The van der Waals surface area contributed by atoms with Gasteiger partial charge in [-0.3, -0.25) is 4.79 Å². The first-order valence-corrected chi connectivity index (χ1v) is 6.13. The van der Waals surface area contributed by atoms with E-state index in [1.165, 1.54) is 12.1 Å². The van der Waals surface area contributed by atoms with Crippen LogP contribution in [0.1, 0.15) is 25.5 Å². The Bertz CT molecular complexity index is 622. The van der Waals surface area contributed by atoms with E-state index in [2.05, 4.69) is 10.3 Å². The van der Waals surface area contributed by atoms with Gasteiger partial charge in [-0.05, 0) is 31.5 Å². The highest BCUT2D eigenvalue weighted by atomic mass is 19.1. The molecule has 5 heteroatoms. The number of hydrogen-bond donors (Lipinski definition) is 1. The summed E-state index contributed by atoms with van der Waals surface area (Å²) in [6, 6.07) is 6.31. The summed E-state index contributed by atoms with van der Waals surface area (Å²) < 4.78 is 14.6. The average Bonchev–Trinajstić information content (AvgIpc) is 2.37. The Morgan fingerprint density at radius 1 is 1.42 bits per heavy atom. The first-order chi connectivity index (χ1) is 9.08. The van der Waals surface area contributed by atoms with Crippen LogP contribution >= 0.6 is 0 Å². The third-order valence-corrected chi connectivity index (χ3v) is 2.77. The van der Waals surface area contributed by atoms with Crippen molar-refractivity contribution in [1.29, 1.82) is 0 Å². The Labute approximate surface area is 110 Å². The zero-order valence-electron chi connectivity index (χ0n) is 10.9. The third kappa shape index (κ3) is 3.19. The van der Waals surface area contributed by atoms with Crippen LogP contribution in [0.25, 0.3) is 0 Å². The largest absolute Gasteiger partial charge is 0.361 e. The van der Waals surface area contributed by atoms with Crippen molar-refractivity contribution in [2.45, 2.75) is 26.4 Å². The van der Waals surface area contributed by atoms with Crippen LogP contribution < -0.4 is 10.9 Å². The lowest BCUT2D eigenvalue weighted by Gasteiger charge is -2.11. The number of aromatic nitrogens is 2. The molecule has 0 radical (unpaired) electrons. The zero-order valence-corrected chi connectivity index (χ0v) is 10.9. The number of nitrogens with one attached hydrogen (secondary N) is 1. The van der Waals surface area contributed by atoms with Crippen LogP contribution in [0.3, 0.4) is 0 Å². The van der Waals surface area contributed by atoms with Crippen molar-refractivity contribution in [2.75, 3.05) is 5.32 Å². The van der Waals surface area contributed by atoms with Gasteiger partial charge in [0.1, 0.15) is 5.82 Å². The van der Waals surface area contributed by atoms with E-state index >= 15 is 0 Å². The Balaban J connectivity index is 2.16. The van der Waals surface area contributed by atoms with E-state index in [-0.39, 0.29) is 23.2 Å². The highest BCUT2D eigenvalue weighted by molar-refractivity contribution is 5.33. The van der Waals surface area contributed by atoms with Crippen LogP contribution in [0.2, 0.25) is 0 Å². The number of hydrogen-bond acceptors (Lipinski definition) is 3. The monoisotopic (exact) mass is 261 g/mol. The van der Waals surface area contributed by atoms with Gasteiger partial charge < -0.3 is 9.88 Å². The van der Waals surface area contributed by atoms with Crippen molar-refractivity contribution in [3.05, 3.63) is 58.4 Å². The van der Waals surface area contributed by atoms with Crippen molar-refractivity contribution in [1.82, 2.24) is 9.55 Å². The smallest absolute Gasteiger partial charge is 0.293 e. The maximum Gasteiger partial charge on any atom is 0.293 e. The minimum absolute atomic E-state index is 0.0743. The van der Waals surface area contributed by atoms with Gasteiger partial charge in [0, 0.05) is 25.0 Å². The third-order valence-electron chi connectivity index (χ3n) is 2.77. The van der Waals surface area contributed by atoms with Crippen molar-refractivity contribution in [3.8, 4) is 0 Å². The molecule has 1 heterocycles. The summed E-state index contributed by atoms with van der Waals surface area (Å²) in [5, 5.41) is 2.94. The van der Waals surface area contributed by atoms with Crippen LogP contribution in [-0.4, -0.2) is 9.55 Å². The molecule has 0 bridgehead atoms. The van der Waals surface area contributed by atoms with Crippen LogP contribution in [0.4, 0.5) is 10.2 Å². The molecule has 100 valence electrons. The van der Waals surface area contributed by atoms with E-state index < -0.39 is 0 Å². The molecule has 1 aromatic heterocycles. The molecule has 0 fully saturated rings. The predicted octanol–water partition coefficient (Wildman–Crippen LogP) is 2.58. The lowest BCUT2D eigenvalue weighted by Crippen LogP contribution is -2.25. The molecule has 0 aliphatic heterocycles. The Kier molecular flexibility index (Phi) is 3.94. The summed E-state index contributed by atoms with van der Waals surface area (Å²) in [7, 11) is 0. The summed E-state index contributed by atoms with van der Waals surface area (Å²) in [6.07, 6.45) is 3.23. The number of anilines is 1. The number of benzene rings is 1. The second-order valence-electron chi connectivity index (χ2n) is 4.57. The molecule has 0 amide bonds. The second-order valence-corrected chi connectivity index (χ2v) is 4.57. The van der Waals surface area contributed by atoms with E-state index in [9.17, 15) is 9.18 Å². The minimum Gasteiger partial charge on any atom is -0.361 e. The fraction of sp³-hybridized carbons (Fsp3) is 0.286. The molecule has 0 unspecified atom stereocenters. The van der Waals surface area contributed by atoms with Gasteiger partial charge >= 0.3 is 0 Å². The molecule has 0 aliphatic carbocycles. The van der Waals surface area contributed by atoms with Gasteiger partial charge in [0.25, 0.3) is 5.56 Å². The summed E-state index contributed by atoms with van der Waals surface area (Å²) in [6.45, 7) is 4.22. The fourth-order valence-corrected chi connectivity index (χ4v) is 1.79. The number of halogens is 1. The Hall–Kier alpha value is -2.17. The highest BCUT2D eigenvalue weighted by Crippen LogP contribution is 2.06. The summed E-state index contributed by atoms with van der Waals surface area (Å²) in [5.74, 6) is -0.0135. The van der Waals surface area contributed by atoms with Gasteiger partial charge in [0.05, 0.1) is 0 Å². The molecular weight excluding hydrogens is 245 g/mol. The van der Waals surface area contributed by atoms with E-state index in [0.29, 0.717) is 6.54 Å². The Morgan fingerprint density at radius 2 is 2.21 bits per heavy atom. The van der Waals surface area contributed by atoms with Gasteiger partial charge in [-0.2, -0.15) is 0 Å². The minimum atomic E-state index is -0.292. The van der Waals surface area contributed by atoms with Gasteiger partial charge in [-0.1, -0.05) is 12.1 Å². The van der Waals surface area contributed by atoms with Crippen LogP contribution in [0.15, 0.2) is 41.5 Å². The van der Waals surface area contributed by atoms with Crippen LogP contribution in [0, 0.1) is 5.82 Å². The quantitative estimate of drug-likeness (QED) is 0.920. The maximum atomic E-state index is 13.0. The highest BCUT2D eigenvalue weighted by Gasteiger charge is 2.06. The van der Waals surface area contributed by atoms with Crippen LogP contribution in [-0.2, 0) is 6.54 Å². The topological polar surface area (TPSA) is 46.9 Å². The van der Waals surface area contributed by atoms with Crippen LogP contribution in [0.5, 0.6) is 0 Å². The molecule has 2 rings (SSSR count). The molecule has 19 heavy (non-hydrogen) atoms. The SMILES string of the molecule is CC(C)n1ccnc(NCc2cccc(F)c2)c1=O. The van der Waals surface area contributed by atoms with Crippen molar-refractivity contribution in [3.63, 3.8) is 0 Å². The first-order valence-electron chi connectivity index (χ1n) is 6.13. The predicted molar refractivity (Wildman–Crippen MR) is 72.6 cm³/mol. The molecule has 0 atom stereocenters. The molecular formula is C14H16FN3O. The van der Waals surface area contributed by atoms with Crippen molar-refractivity contribution < 1.29 is 4.39 Å². The number of nitrogens with zero attached hydrogens (tertiary/aromatic N) is 2. The van der Waals surface area contributed by atoms with Gasteiger partial charge in [-0.15, -0.1) is 0 Å². The van der Waals surface area contributed by atoms with E-state index in [4.69, 9.17) is 0 Å². The molecule has 1 N–H and O–H groups in total. The molecule has 0 aliphatic rings. The van der Waals surface area contributed by atoms with Gasteiger partial charge in [0.15, 0.2) is 5.82 Å². The molecule has 0 saturated carbocycles. The zero-order chi connectivity index (χ0) is 13.8. The summed E-state index contributed by atoms with van der Waals surface area (Å²) >= 11 is 0. The van der Waals surface area contributed by atoms with E-state index in [0.717, 1.165) is 5.56 Å². The van der Waals surface area contributed by atoms with E-state index in [1.54, 1.807) is 29.1 Å². The van der Waals surface area contributed by atoms with Crippen molar-refractivity contribution >= 4 is 5.82 Å². The first kappa shape index (κ1) is 13.3. The molecule has 1 aromatic carbocycles. The molecule has 4 nitrogen and oxygen atoms in total. The standard InChI is InChI=1S/C14H16FN3O/c1-10(2)18-7-6-16-13(14(18)19)17-9-11-4-3-5-12(15)8-11/h3-8,10H,9H2,1-2H3,(H,16,17). The number of rotatable bonds is 4. The second kappa shape index (κ2) is 5.65. The summed E-state index contributed by atoms with van der Waals surface area (Å²) in [5.41, 5.74) is 0.593. The Morgan fingerprint density at radius 3 is 2.89 bits per heavy atom. The molecule has 2 aromatic rings. The lowest BCUT2D eigenvalue weighted by molar-refractivity contribution is 0.575. The lowest BCUT2D eigenvalue weighted by atomic mass is 10.2. The average molecular weight is 261 g/mol. The summed E-state index contributed by atoms with van der Waals surface area (Å²) in [4.78, 5) is 16.1. The van der Waals surface area contributed by atoms with Gasteiger partial charge in [-0.25, -0.2) is 9.37 Å². The van der Waals surface area contributed by atoms with Crippen molar-refractivity contribution in [2.24, 2.45) is 0 Å².